The summed E-state index contributed by atoms with van der Waals surface area (Å²) in [7, 11) is 0. The first-order chi connectivity index (χ1) is 11.0. The lowest BCUT2D eigenvalue weighted by molar-refractivity contribution is -0.126. The maximum Gasteiger partial charge on any atom is 0.239 e. The molecule has 1 saturated carbocycles. The van der Waals surface area contributed by atoms with Crippen molar-refractivity contribution in [3.63, 3.8) is 0 Å². The lowest BCUT2D eigenvalue weighted by Crippen LogP contribution is -2.43. The Hall–Kier alpha value is -1.82. The van der Waals surface area contributed by atoms with E-state index in [4.69, 9.17) is 4.42 Å². The monoisotopic (exact) mass is 322 g/mol. The van der Waals surface area contributed by atoms with Crippen LogP contribution < -0.4 is 10.6 Å². The Morgan fingerprint density at radius 1 is 1.30 bits per heavy atom. The van der Waals surface area contributed by atoms with Gasteiger partial charge >= 0.3 is 0 Å². The second-order valence-corrected chi connectivity index (χ2v) is 6.49. The van der Waals surface area contributed by atoms with Crippen molar-refractivity contribution in [3.05, 3.63) is 24.2 Å². The minimum Gasteiger partial charge on any atom is -0.466 e. The summed E-state index contributed by atoms with van der Waals surface area (Å²) in [6.07, 6.45) is 7.82. The number of carbonyl (C=O) groups excluding carboxylic acids is 2. The second-order valence-electron chi connectivity index (χ2n) is 6.49. The molecular weight excluding hydrogens is 296 g/mol. The van der Waals surface area contributed by atoms with Crippen LogP contribution >= 0.6 is 0 Å². The molecule has 0 spiro atoms. The predicted octanol–water partition coefficient (Wildman–Crippen LogP) is 1.69. The molecule has 1 aromatic heterocycles. The van der Waals surface area contributed by atoms with Gasteiger partial charge in [-0.05, 0) is 31.4 Å². The van der Waals surface area contributed by atoms with E-state index in [1.807, 2.05) is 0 Å². The van der Waals surface area contributed by atoms with Crippen LogP contribution in [0.2, 0.25) is 0 Å². The van der Waals surface area contributed by atoms with Crippen LogP contribution in [0.1, 0.15) is 51.2 Å². The fourth-order valence-corrected chi connectivity index (χ4v) is 2.91. The van der Waals surface area contributed by atoms with Crippen LogP contribution in [0.15, 0.2) is 22.8 Å². The van der Waals surface area contributed by atoms with E-state index in [1.54, 1.807) is 19.1 Å². The van der Waals surface area contributed by atoms with Crippen LogP contribution in [0.5, 0.6) is 0 Å². The van der Waals surface area contributed by atoms with E-state index in [0.29, 0.717) is 18.1 Å². The molecule has 6 nitrogen and oxygen atoms in total. The molecule has 0 saturated heterocycles. The van der Waals surface area contributed by atoms with Gasteiger partial charge in [-0.15, -0.1) is 0 Å². The van der Waals surface area contributed by atoms with Gasteiger partial charge in [-0.1, -0.05) is 25.7 Å². The summed E-state index contributed by atoms with van der Waals surface area (Å²) in [5.74, 6) is 0.632. The number of amides is 2. The Kier molecular flexibility index (Phi) is 6.21. The fourth-order valence-electron chi connectivity index (χ4n) is 2.91. The van der Waals surface area contributed by atoms with Gasteiger partial charge in [-0.3, -0.25) is 9.59 Å². The molecule has 0 radical (unpaired) electrons. The van der Waals surface area contributed by atoms with Gasteiger partial charge in [-0.25, -0.2) is 0 Å². The van der Waals surface area contributed by atoms with Gasteiger partial charge in [-0.2, -0.15) is 0 Å². The standard InChI is InChI=1S/C17H26N2O4/c1-17(22,14-7-4-10-23-14)12-19-16(21)11-18-15(20)9-8-13-5-2-3-6-13/h4,7,10,13,22H,2-3,5-6,8-9,11-12H2,1H3,(H,18,20)(H,19,21). The Labute approximate surface area is 136 Å². The molecule has 128 valence electrons. The highest BCUT2D eigenvalue weighted by atomic mass is 16.4. The molecule has 1 aromatic rings. The SMILES string of the molecule is CC(O)(CNC(=O)CNC(=O)CCC1CCCC1)c1ccco1. The van der Waals surface area contributed by atoms with Crippen molar-refractivity contribution in [1.82, 2.24) is 10.6 Å². The van der Waals surface area contributed by atoms with E-state index in [0.717, 1.165) is 6.42 Å². The first-order valence-electron chi connectivity index (χ1n) is 8.27. The zero-order valence-electron chi connectivity index (χ0n) is 13.6. The van der Waals surface area contributed by atoms with Crippen LogP contribution in [0, 0.1) is 5.92 Å². The molecule has 6 heteroatoms. The maximum atomic E-state index is 11.8. The Morgan fingerprint density at radius 3 is 2.70 bits per heavy atom. The molecule has 2 rings (SSSR count). The Balaban J connectivity index is 1.61. The van der Waals surface area contributed by atoms with Crippen molar-refractivity contribution in [3.8, 4) is 0 Å². The van der Waals surface area contributed by atoms with Gasteiger partial charge in [0, 0.05) is 6.42 Å². The topological polar surface area (TPSA) is 91.6 Å². The summed E-state index contributed by atoms with van der Waals surface area (Å²) in [6.45, 7) is 1.52. The van der Waals surface area contributed by atoms with Crippen molar-refractivity contribution >= 4 is 11.8 Å². The average molecular weight is 322 g/mol. The van der Waals surface area contributed by atoms with Gasteiger partial charge in [0.1, 0.15) is 11.4 Å². The smallest absolute Gasteiger partial charge is 0.239 e. The van der Waals surface area contributed by atoms with Crippen molar-refractivity contribution < 1.29 is 19.1 Å². The summed E-state index contributed by atoms with van der Waals surface area (Å²) in [5.41, 5.74) is -1.27. The zero-order valence-corrected chi connectivity index (χ0v) is 13.6. The van der Waals surface area contributed by atoms with Gasteiger partial charge < -0.3 is 20.2 Å². The average Bonchev–Trinajstić information content (AvgIpc) is 3.22. The summed E-state index contributed by atoms with van der Waals surface area (Å²) in [4.78, 5) is 23.5. The highest BCUT2D eigenvalue weighted by Gasteiger charge is 2.26. The van der Waals surface area contributed by atoms with Crippen LogP contribution in [-0.4, -0.2) is 30.0 Å². The summed E-state index contributed by atoms with van der Waals surface area (Å²) >= 11 is 0. The molecule has 1 unspecified atom stereocenters. The number of hydrogen-bond acceptors (Lipinski definition) is 4. The van der Waals surface area contributed by atoms with E-state index in [-0.39, 0.29) is 24.9 Å². The molecule has 0 aliphatic heterocycles. The molecule has 2 amide bonds. The quantitative estimate of drug-likeness (QED) is 0.679. The molecule has 0 aromatic carbocycles. The number of rotatable bonds is 8. The minimum atomic E-state index is -1.27. The normalized spacial score (nSPS) is 17.7. The number of aliphatic hydroxyl groups is 1. The van der Waals surface area contributed by atoms with Crippen LogP contribution in [0.3, 0.4) is 0 Å². The van der Waals surface area contributed by atoms with E-state index in [9.17, 15) is 14.7 Å². The molecule has 0 bridgehead atoms. The molecule has 3 N–H and O–H groups in total. The van der Waals surface area contributed by atoms with Gasteiger partial charge in [0.15, 0.2) is 0 Å². The third-order valence-corrected chi connectivity index (χ3v) is 4.38. The zero-order chi connectivity index (χ0) is 16.7. The molecule has 1 atom stereocenters. The molecule has 1 heterocycles. The summed E-state index contributed by atoms with van der Waals surface area (Å²) in [6, 6.07) is 3.33. The lowest BCUT2D eigenvalue weighted by Gasteiger charge is -2.21. The lowest BCUT2D eigenvalue weighted by atomic mass is 10.0. The number of carbonyl (C=O) groups is 2. The number of nitrogens with one attached hydrogen (secondary N) is 2. The largest absolute Gasteiger partial charge is 0.466 e. The highest BCUT2D eigenvalue weighted by Crippen LogP contribution is 2.28. The molecular formula is C17H26N2O4. The van der Waals surface area contributed by atoms with Crippen molar-refractivity contribution in [2.24, 2.45) is 5.92 Å². The summed E-state index contributed by atoms with van der Waals surface area (Å²) < 4.78 is 5.14. The van der Waals surface area contributed by atoms with Crippen LogP contribution in [0.25, 0.3) is 0 Å². The Morgan fingerprint density at radius 2 is 2.04 bits per heavy atom. The first-order valence-corrected chi connectivity index (χ1v) is 8.27. The third kappa shape index (κ3) is 5.71. The van der Waals surface area contributed by atoms with E-state index >= 15 is 0 Å². The third-order valence-electron chi connectivity index (χ3n) is 4.38. The molecule has 1 fully saturated rings. The number of hydrogen-bond donors (Lipinski definition) is 3. The van der Waals surface area contributed by atoms with Gasteiger partial charge in [0.05, 0.1) is 19.4 Å². The van der Waals surface area contributed by atoms with Crippen molar-refractivity contribution in [2.75, 3.05) is 13.1 Å². The van der Waals surface area contributed by atoms with Crippen LogP contribution in [0.4, 0.5) is 0 Å². The van der Waals surface area contributed by atoms with E-state index < -0.39 is 5.60 Å². The summed E-state index contributed by atoms with van der Waals surface area (Å²) in [5, 5.41) is 15.4. The van der Waals surface area contributed by atoms with Crippen molar-refractivity contribution in [1.29, 1.82) is 0 Å². The highest BCUT2D eigenvalue weighted by molar-refractivity contribution is 5.84. The van der Waals surface area contributed by atoms with Gasteiger partial charge in [0.2, 0.25) is 11.8 Å². The Bertz CT molecular complexity index is 505. The maximum absolute atomic E-state index is 11.8. The predicted molar refractivity (Wildman–Crippen MR) is 85.5 cm³/mol. The molecule has 1 aliphatic carbocycles. The van der Waals surface area contributed by atoms with Crippen LogP contribution in [-0.2, 0) is 15.2 Å². The van der Waals surface area contributed by atoms with Gasteiger partial charge in [0.25, 0.3) is 0 Å². The van der Waals surface area contributed by atoms with Crippen molar-refractivity contribution in [2.45, 2.75) is 51.0 Å². The molecule has 1 aliphatic rings. The second kappa shape index (κ2) is 8.15. The van der Waals surface area contributed by atoms with E-state index in [1.165, 1.54) is 31.9 Å². The fraction of sp³-hybridized carbons (Fsp3) is 0.647. The number of furan rings is 1. The first kappa shape index (κ1) is 17.5. The molecule has 23 heavy (non-hydrogen) atoms. The minimum absolute atomic E-state index is 0.0251. The van der Waals surface area contributed by atoms with E-state index in [2.05, 4.69) is 10.6 Å².